The van der Waals surface area contributed by atoms with Crippen molar-refractivity contribution in [1.29, 1.82) is 0 Å². The fourth-order valence-corrected chi connectivity index (χ4v) is 0.719. The van der Waals surface area contributed by atoms with E-state index in [1.165, 1.54) is 6.26 Å². The van der Waals surface area contributed by atoms with Crippen LogP contribution < -0.4 is 5.63 Å². The lowest BCUT2D eigenvalue weighted by Gasteiger charge is -1.97. The van der Waals surface area contributed by atoms with Crippen LogP contribution in [0.2, 0.25) is 0 Å². The Hall–Kier alpha value is -1.09. The predicted molar refractivity (Wildman–Crippen MR) is 40.3 cm³/mol. The van der Waals surface area contributed by atoms with E-state index in [1.54, 1.807) is 12.1 Å². The summed E-state index contributed by atoms with van der Waals surface area (Å²) in [5.41, 5.74) is 0.246. The third-order valence-electron chi connectivity index (χ3n) is 1.27. The Morgan fingerprint density at radius 2 is 2.45 bits per heavy atom. The SMILES string of the molecule is CCOCc1cccoc1=O. The first-order chi connectivity index (χ1) is 5.34. The van der Waals surface area contributed by atoms with Crippen LogP contribution in [0, 0.1) is 0 Å². The molecule has 1 heterocycles. The average Bonchev–Trinajstić information content (AvgIpc) is 2.03. The summed E-state index contributed by atoms with van der Waals surface area (Å²) in [7, 11) is 0. The van der Waals surface area contributed by atoms with E-state index in [9.17, 15) is 4.79 Å². The van der Waals surface area contributed by atoms with Gasteiger partial charge in [-0.05, 0) is 19.1 Å². The Balaban J connectivity index is 2.70. The highest BCUT2D eigenvalue weighted by Gasteiger charge is 1.97. The summed E-state index contributed by atoms with van der Waals surface area (Å²) in [6, 6.07) is 3.37. The van der Waals surface area contributed by atoms with Gasteiger partial charge in [-0.25, -0.2) is 4.79 Å². The Labute approximate surface area is 64.6 Å². The van der Waals surface area contributed by atoms with Crippen LogP contribution in [-0.4, -0.2) is 6.61 Å². The van der Waals surface area contributed by atoms with Crippen molar-refractivity contribution >= 4 is 0 Å². The topological polar surface area (TPSA) is 39.4 Å². The quantitative estimate of drug-likeness (QED) is 0.656. The molecule has 3 heteroatoms. The van der Waals surface area contributed by atoms with Crippen molar-refractivity contribution in [3.63, 3.8) is 0 Å². The van der Waals surface area contributed by atoms with Crippen LogP contribution in [0.15, 0.2) is 27.6 Å². The van der Waals surface area contributed by atoms with Crippen LogP contribution in [-0.2, 0) is 11.3 Å². The highest BCUT2D eigenvalue weighted by Crippen LogP contribution is 1.93. The number of hydrogen-bond acceptors (Lipinski definition) is 3. The largest absolute Gasteiger partial charge is 0.431 e. The predicted octanol–water partition coefficient (Wildman–Crippen LogP) is 1.18. The highest BCUT2D eigenvalue weighted by atomic mass is 16.5. The molecule has 1 aromatic heterocycles. The van der Waals surface area contributed by atoms with Gasteiger partial charge in [0, 0.05) is 6.61 Å². The molecule has 3 nitrogen and oxygen atoms in total. The summed E-state index contributed by atoms with van der Waals surface area (Å²) in [6.07, 6.45) is 1.36. The normalized spacial score (nSPS) is 9.91. The molecule has 0 aliphatic carbocycles. The number of ether oxygens (including phenoxy) is 1. The van der Waals surface area contributed by atoms with E-state index in [-0.39, 0.29) is 5.63 Å². The molecule has 0 aromatic carbocycles. The molecule has 0 atom stereocenters. The molecule has 0 radical (unpaired) electrons. The minimum Gasteiger partial charge on any atom is -0.431 e. The highest BCUT2D eigenvalue weighted by molar-refractivity contribution is 5.04. The summed E-state index contributed by atoms with van der Waals surface area (Å²) < 4.78 is 9.66. The summed E-state index contributed by atoms with van der Waals surface area (Å²) in [4.78, 5) is 10.9. The minimum atomic E-state index is -0.319. The van der Waals surface area contributed by atoms with E-state index in [2.05, 4.69) is 4.42 Å². The van der Waals surface area contributed by atoms with Crippen molar-refractivity contribution in [1.82, 2.24) is 0 Å². The fourth-order valence-electron chi connectivity index (χ4n) is 0.719. The molecule has 1 aromatic rings. The third-order valence-corrected chi connectivity index (χ3v) is 1.27. The van der Waals surface area contributed by atoms with Gasteiger partial charge in [-0.1, -0.05) is 0 Å². The van der Waals surface area contributed by atoms with Crippen molar-refractivity contribution in [2.75, 3.05) is 6.61 Å². The molecule has 0 amide bonds. The van der Waals surface area contributed by atoms with Crippen molar-refractivity contribution in [2.45, 2.75) is 13.5 Å². The molecule has 0 aliphatic heterocycles. The van der Waals surface area contributed by atoms with Crippen LogP contribution in [0.25, 0.3) is 0 Å². The van der Waals surface area contributed by atoms with E-state index in [1.807, 2.05) is 6.92 Å². The van der Waals surface area contributed by atoms with Gasteiger partial charge in [-0.2, -0.15) is 0 Å². The van der Waals surface area contributed by atoms with Crippen molar-refractivity contribution in [3.8, 4) is 0 Å². The Kier molecular flexibility index (Phi) is 2.86. The van der Waals surface area contributed by atoms with Crippen LogP contribution >= 0.6 is 0 Å². The zero-order chi connectivity index (χ0) is 8.10. The maximum atomic E-state index is 10.9. The number of rotatable bonds is 3. The van der Waals surface area contributed by atoms with Gasteiger partial charge in [-0.3, -0.25) is 0 Å². The molecule has 0 spiro atoms. The van der Waals surface area contributed by atoms with E-state index in [0.29, 0.717) is 18.8 Å². The minimum absolute atomic E-state index is 0.319. The molecular weight excluding hydrogens is 144 g/mol. The van der Waals surface area contributed by atoms with Gasteiger partial charge < -0.3 is 9.15 Å². The molecule has 0 aliphatic rings. The standard InChI is InChI=1S/C8H10O3/c1-2-10-6-7-4-3-5-11-8(7)9/h3-5H,2,6H2,1H3. The van der Waals surface area contributed by atoms with Crippen LogP contribution in [0.3, 0.4) is 0 Å². The van der Waals surface area contributed by atoms with Gasteiger partial charge in [0.1, 0.15) is 0 Å². The van der Waals surface area contributed by atoms with Gasteiger partial charge in [0.2, 0.25) is 0 Å². The van der Waals surface area contributed by atoms with Crippen molar-refractivity contribution < 1.29 is 9.15 Å². The molecule has 0 saturated heterocycles. The van der Waals surface area contributed by atoms with E-state index < -0.39 is 0 Å². The van der Waals surface area contributed by atoms with Crippen molar-refractivity contribution in [3.05, 3.63) is 34.4 Å². The molecule has 0 saturated carbocycles. The third kappa shape index (κ3) is 2.20. The molecule has 1 rings (SSSR count). The lowest BCUT2D eigenvalue weighted by atomic mass is 10.3. The molecule has 60 valence electrons. The zero-order valence-corrected chi connectivity index (χ0v) is 6.37. The molecule has 11 heavy (non-hydrogen) atoms. The molecular formula is C8H10O3. The van der Waals surface area contributed by atoms with Gasteiger partial charge in [-0.15, -0.1) is 0 Å². The van der Waals surface area contributed by atoms with Crippen LogP contribution in [0.4, 0.5) is 0 Å². The molecule has 0 N–H and O–H groups in total. The monoisotopic (exact) mass is 154 g/mol. The van der Waals surface area contributed by atoms with Gasteiger partial charge in [0.15, 0.2) is 0 Å². The van der Waals surface area contributed by atoms with E-state index in [0.717, 1.165) is 0 Å². The van der Waals surface area contributed by atoms with Crippen LogP contribution in [0.5, 0.6) is 0 Å². The maximum Gasteiger partial charge on any atom is 0.341 e. The summed E-state index contributed by atoms with van der Waals surface area (Å²) in [6.45, 7) is 2.82. The summed E-state index contributed by atoms with van der Waals surface area (Å²) >= 11 is 0. The van der Waals surface area contributed by atoms with Crippen LogP contribution in [0.1, 0.15) is 12.5 Å². The second kappa shape index (κ2) is 3.93. The Bertz CT molecular complexity index is 264. The first-order valence-corrected chi connectivity index (χ1v) is 3.49. The average molecular weight is 154 g/mol. The first-order valence-electron chi connectivity index (χ1n) is 3.49. The van der Waals surface area contributed by atoms with Gasteiger partial charge in [0.25, 0.3) is 0 Å². The van der Waals surface area contributed by atoms with Gasteiger partial charge >= 0.3 is 5.63 Å². The number of hydrogen-bond donors (Lipinski definition) is 0. The smallest absolute Gasteiger partial charge is 0.341 e. The molecule has 0 bridgehead atoms. The molecule has 0 fully saturated rings. The summed E-state index contributed by atoms with van der Waals surface area (Å²) in [5, 5.41) is 0. The summed E-state index contributed by atoms with van der Waals surface area (Å²) in [5.74, 6) is 0. The second-order valence-corrected chi connectivity index (χ2v) is 2.06. The van der Waals surface area contributed by atoms with Crippen molar-refractivity contribution in [2.24, 2.45) is 0 Å². The fraction of sp³-hybridized carbons (Fsp3) is 0.375. The Morgan fingerprint density at radius 3 is 3.09 bits per heavy atom. The lowest BCUT2D eigenvalue weighted by Crippen LogP contribution is -2.07. The van der Waals surface area contributed by atoms with E-state index in [4.69, 9.17) is 4.74 Å². The maximum absolute atomic E-state index is 10.9. The Morgan fingerprint density at radius 1 is 1.64 bits per heavy atom. The van der Waals surface area contributed by atoms with E-state index >= 15 is 0 Å². The first kappa shape index (κ1) is 8.01. The lowest BCUT2D eigenvalue weighted by molar-refractivity contribution is 0.131. The molecule has 0 unspecified atom stereocenters. The zero-order valence-electron chi connectivity index (χ0n) is 6.37. The second-order valence-electron chi connectivity index (χ2n) is 2.06. The van der Waals surface area contributed by atoms with Gasteiger partial charge in [0.05, 0.1) is 18.4 Å².